The van der Waals surface area contributed by atoms with Crippen LogP contribution in [0.25, 0.3) is 0 Å². The Morgan fingerprint density at radius 3 is 1.84 bits per heavy atom. The van der Waals surface area contributed by atoms with E-state index in [9.17, 15) is 94.4 Å². The number of carbonyl (C=O) groups excluding carboxylic acids is 7. The number of methoxy groups -OCH3 is 1. The molecule has 42 nitrogen and oxygen atoms in total. The van der Waals surface area contributed by atoms with Crippen molar-refractivity contribution in [2.45, 2.75) is 144 Å². The van der Waals surface area contributed by atoms with Gasteiger partial charge in [-0.05, 0) is 37.5 Å². The third kappa shape index (κ3) is 26.6. The molecule has 2 saturated heterocycles. The molecule has 12 atom stereocenters. The van der Waals surface area contributed by atoms with Gasteiger partial charge in [0.25, 0.3) is 11.8 Å². The SMILES string of the molecule is COc1cccc2c1C(=O)c1c(O)c3c(c(O)c1C2=O)C[C@@](O)(C(=O)CO)C[C@@H]3O[C@H]1C[C@H](NC(=O)OC(Cc2cn(CCOCCOCCOCCOCCOCCOCCOCCOCCOCCOCCNC(=O)CCCCCN3C(=O)C=CC3=O)nn2)c2ccc(O[C@@H]3O[C@H](CC(=O)O)[C@@H](O)[C@H](O)[C@H]3O)c([N+](=O)[O-])c2)[C@H](O)[C@H](C)O1. The molecule has 4 amide bonds. The molecule has 5 aliphatic rings. The lowest BCUT2D eigenvalue weighted by atomic mass is 9.72. The maximum atomic E-state index is 14.3. The molecule has 1 unspecified atom stereocenters. The van der Waals surface area contributed by atoms with Crippen LogP contribution in [0.5, 0.6) is 23.0 Å². The third-order valence-electron chi connectivity index (χ3n) is 19.7. The number of aromatic hydroxyl groups is 2. The smallest absolute Gasteiger partial charge is 0.408 e. The Balaban J connectivity index is 0.662. The molecule has 11 N–H and O–H groups in total. The molecule has 0 spiro atoms. The standard InChI is InChI=1S/C77H103N7O35/c1-45-67(92)50(39-62(115-45)116-56-42-77(101,57(86)44-85)41-49-64(56)72(97)66-65(69(49)94)68(93)48-7-6-8-53(104-2)63(48)71(66)96)79-76(100)119-54(46-10-11-52(51(37-46)84(102)103)117-75-74(99)73(98)70(95)55(118-75)40-61(90)91)38-47-43-82(81-80-47)16-18-106-20-22-108-24-26-110-28-30-112-32-34-114-36-35-113-33-31-111-29-27-109-25-23-107-21-19-105-17-14-78-58(87)9-4-3-5-15-83-59(88)12-13-60(83)89/h6-8,10-13,37,43,45,50,54-56,62,67,70,73-75,85,92,94-95,97-99,101H,3-5,9,14-36,38-42,44H2,1-2H3,(H,78,87)(H,79,100)(H,90,91)/t45-,50-,54?,55+,56-,62-,67+,70+,73-,74+,75+,77-/m0/s1. The number of alkyl carbamates (subject to hydrolysis) is 1. The van der Waals surface area contributed by atoms with Crippen LogP contribution in [0.15, 0.2) is 54.7 Å². The number of aliphatic hydroxyl groups excluding tert-OH is 5. The molecular weight excluding hydrogens is 1580 g/mol. The lowest BCUT2D eigenvalue weighted by Crippen LogP contribution is -2.59. The van der Waals surface area contributed by atoms with Crippen LogP contribution in [-0.2, 0) is 110 Å². The summed E-state index contributed by atoms with van der Waals surface area (Å²) in [4.78, 5) is 116. The maximum absolute atomic E-state index is 14.3. The summed E-state index contributed by atoms with van der Waals surface area (Å²) in [6.45, 7) is 7.83. The zero-order valence-electron chi connectivity index (χ0n) is 65.8. The molecule has 3 aromatic carbocycles. The average Bonchev–Trinajstić information content (AvgIpc) is 0.751. The zero-order valence-corrected chi connectivity index (χ0v) is 65.8. The number of hydrogen-bond acceptors (Lipinski definition) is 36. The first-order valence-electron chi connectivity index (χ1n) is 38.9. The highest BCUT2D eigenvalue weighted by Crippen LogP contribution is 2.53. The van der Waals surface area contributed by atoms with Crippen molar-refractivity contribution >= 4 is 52.8 Å². The van der Waals surface area contributed by atoms with Gasteiger partial charge < -0.3 is 132 Å². The van der Waals surface area contributed by atoms with Crippen LogP contribution < -0.4 is 20.1 Å². The Labute approximate surface area is 681 Å². The van der Waals surface area contributed by atoms with Gasteiger partial charge in [-0.15, -0.1) is 5.10 Å². The number of carboxylic acid groups (broad SMARTS) is 1. The first-order chi connectivity index (χ1) is 57.3. The van der Waals surface area contributed by atoms with Gasteiger partial charge in [0, 0.05) is 86.3 Å². The van der Waals surface area contributed by atoms with Crippen LogP contribution in [0.3, 0.4) is 0 Å². The Bertz CT molecular complexity index is 4070. The second-order valence-electron chi connectivity index (χ2n) is 28.0. The number of aliphatic carboxylic acids is 1. The van der Waals surface area contributed by atoms with Crippen LogP contribution >= 0.6 is 0 Å². The number of amides is 4. The lowest BCUT2D eigenvalue weighted by molar-refractivity contribution is -0.387. The average molecular weight is 1690 g/mol. The molecule has 1 aromatic heterocycles. The summed E-state index contributed by atoms with van der Waals surface area (Å²) in [6, 6.07) is 6.01. The molecule has 656 valence electrons. The maximum Gasteiger partial charge on any atom is 0.408 e. The van der Waals surface area contributed by atoms with Crippen LogP contribution in [0, 0.1) is 10.1 Å². The largest absolute Gasteiger partial charge is 0.507 e. The number of unbranched alkanes of at least 4 members (excludes halogenated alkanes) is 2. The Morgan fingerprint density at radius 1 is 0.689 bits per heavy atom. The van der Waals surface area contributed by atoms with Gasteiger partial charge in [-0.2, -0.15) is 0 Å². The fraction of sp³-hybridized carbons (Fsp3) is 0.610. The van der Waals surface area contributed by atoms with Crippen LogP contribution in [0.4, 0.5) is 10.5 Å². The minimum atomic E-state index is -2.52. The quantitative estimate of drug-likeness (QED) is 0.00781. The van der Waals surface area contributed by atoms with Crippen molar-refractivity contribution in [1.29, 1.82) is 0 Å². The number of nitrogens with one attached hydrogen (secondary N) is 2. The number of carboxylic acids is 1. The van der Waals surface area contributed by atoms with E-state index in [1.807, 2.05) is 0 Å². The Hall–Kier alpha value is -9.26. The summed E-state index contributed by atoms with van der Waals surface area (Å²) in [5, 5.41) is 125. The van der Waals surface area contributed by atoms with Crippen molar-refractivity contribution in [3.63, 3.8) is 0 Å². The molecule has 119 heavy (non-hydrogen) atoms. The molecule has 9 rings (SSSR count). The molecule has 4 aromatic rings. The summed E-state index contributed by atoms with van der Waals surface area (Å²) in [7, 11) is 1.25. The number of nitro groups is 1. The minimum Gasteiger partial charge on any atom is -0.507 e. The van der Waals surface area contributed by atoms with Gasteiger partial charge in [0.15, 0.2) is 23.6 Å². The minimum absolute atomic E-state index is 0.0273. The van der Waals surface area contributed by atoms with E-state index in [2.05, 4.69) is 20.9 Å². The van der Waals surface area contributed by atoms with Crippen molar-refractivity contribution in [3.8, 4) is 23.0 Å². The predicted molar refractivity (Wildman–Crippen MR) is 402 cm³/mol. The van der Waals surface area contributed by atoms with E-state index in [-0.39, 0.29) is 96.4 Å². The van der Waals surface area contributed by atoms with Gasteiger partial charge in [0.05, 0.1) is 198 Å². The van der Waals surface area contributed by atoms with E-state index < -0.39 is 174 Å². The van der Waals surface area contributed by atoms with Gasteiger partial charge in [0.1, 0.15) is 66.1 Å². The number of aliphatic hydroxyl groups is 6. The number of imide groups is 1. The number of benzene rings is 3. The van der Waals surface area contributed by atoms with Crippen LogP contribution in [0.1, 0.15) is 118 Å². The van der Waals surface area contributed by atoms with Crippen LogP contribution in [0.2, 0.25) is 0 Å². The van der Waals surface area contributed by atoms with E-state index in [0.717, 1.165) is 18.6 Å². The fourth-order valence-electron chi connectivity index (χ4n) is 13.6. The summed E-state index contributed by atoms with van der Waals surface area (Å²) in [5.41, 5.74) is -5.64. The van der Waals surface area contributed by atoms with Crippen LogP contribution in [-0.4, -0.2) is 338 Å². The van der Waals surface area contributed by atoms with Gasteiger partial charge >= 0.3 is 17.7 Å². The second kappa shape index (κ2) is 47.1. The highest BCUT2D eigenvalue weighted by molar-refractivity contribution is 6.31. The number of rotatable bonds is 54. The fourth-order valence-corrected chi connectivity index (χ4v) is 13.6. The lowest BCUT2D eigenvalue weighted by Gasteiger charge is -2.42. The number of phenols is 2. The number of carbonyl (C=O) groups is 8. The zero-order chi connectivity index (χ0) is 85.5. The number of aromatic nitrogens is 3. The number of ketones is 3. The van der Waals surface area contributed by atoms with E-state index in [1.165, 1.54) is 66.2 Å². The van der Waals surface area contributed by atoms with Gasteiger partial charge in [-0.1, -0.05) is 29.8 Å². The number of phenolic OH excluding ortho intramolecular Hbond substituents is 2. The van der Waals surface area contributed by atoms with E-state index in [4.69, 9.17) is 75.8 Å². The Kier molecular flexibility index (Phi) is 37.0. The number of Topliss-reactive ketones (excluding diaryl/α,β-unsaturated/α-hetero) is 1. The van der Waals surface area contributed by atoms with Gasteiger partial charge in [0.2, 0.25) is 18.0 Å². The molecular formula is C77H103N7O35. The molecule has 2 fully saturated rings. The molecule has 3 aliphatic heterocycles. The number of nitro benzene ring substituents is 1. The normalized spacial score (nSPS) is 22.3. The highest BCUT2D eigenvalue weighted by Gasteiger charge is 2.52. The monoisotopic (exact) mass is 1690 g/mol. The molecule has 0 saturated carbocycles. The topological polar surface area (TPSA) is 567 Å². The summed E-state index contributed by atoms with van der Waals surface area (Å²) >= 11 is 0. The van der Waals surface area contributed by atoms with Crippen molar-refractivity contribution in [3.05, 3.63) is 109 Å². The molecule has 0 bridgehead atoms. The Morgan fingerprint density at radius 2 is 1.27 bits per heavy atom. The predicted octanol–water partition coefficient (Wildman–Crippen LogP) is -0.319. The van der Waals surface area contributed by atoms with Gasteiger partial charge in [-0.25, -0.2) is 9.48 Å². The van der Waals surface area contributed by atoms with Crippen molar-refractivity contribution in [2.24, 2.45) is 0 Å². The number of ether oxygens (including phenoxy) is 16. The summed E-state index contributed by atoms with van der Waals surface area (Å²) in [6.07, 6.45) is -15.0. The summed E-state index contributed by atoms with van der Waals surface area (Å²) in [5.74, 6) is -7.44. The number of hydrogen-bond donors (Lipinski definition) is 11. The molecule has 4 heterocycles. The molecule has 2 aliphatic carbocycles. The van der Waals surface area contributed by atoms with Crippen molar-refractivity contribution in [1.82, 2.24) is 30.5 Å². The first-order valence-corrected chi connectivity index (χ1v) is 38.9. The first kappa shape index (κ1) is 93.6. The van der Waals surface area contributed by atoms with E-state index in [0.29, 0.717) is 138 Å². The number of nitrogens with zero attached hydrogens (tertiary/aromatic N) is 5. The van der Waals surface area contributed by atoms with E-state index >= 15 is 0 Å². The summed E-state index contributed by atoms with van der Waals surface area (Å²) < 4.78 is 91.7. The number of fused-ring (bicyclic) bond motifs is 3. The molecule has 0 radical (unpaired) electrons. The second-order valence-corrected chi connectivity index (χ2v) is 28.0. The highest BCUT2D eigenvalue weighted by atomic mass is 16.7. The van der Waals surface area contributed by atoms with Crippen molar-refractivity contribution in [2.75, 3.05) is 159 Å². The van der Waals surface area contributed by atoms with E-state index in [1.54, 1.807) is 0 Å². The van der Waals surface area contributed by atoms with Crippen molar-refractivity contribution < 1.29 is 165 Å². The molecule has 42 heteroatoms. The van der Waals surface area contributed by atoms with Gasteiger partial charge in [-0.3, -0.25) is 48.6 Å². The third-order valence-corrected chi connectivity index (χ3v) is 19.7.